The fourth-order valence-corrected chi connectivity index (χ4v) is 5.66. The number of hydrogen-bond acceptors (Lipinski definition) is 5. The quantitative estimate of drug-likeness (QED) is 0.695. The molecule has 0 spiro atoms. The van der Waals surface area contributed by atoms with Crippen LogP contribution in [0.3, 0.4) is 0 Å². The molecule has 2 atom stereocenters. The molecule has 0 N–H and O–H groups in total. The highest BCUT2D eigenvalue weighted by molar-refractivity contribution is 5.78. The Morgan fingerprint density at radius 3 is 2.26 bits per heavy atom. The lowest BCUT2D eigenvalue weighted by Crippen LogP contribution is -2.52. The number of likely N-dealkylation sites (tertiary alicyclic amines) is 1. The maximum atomic E-state index is 12.9. The third-order valence-electron chi connectivity index (χ3n) is 7.70. The minimum Gasteiger partial charge on any atom is -0.493 e. The Hall–Kier alpha value is -1.79. The van der Waals surface area contributed by atoms with Crippen LogP contribution in [0.15, 0.2) is 12.1 Å². The lowest BCUT2D eigenvalue weighted by atomic mass is 9.75. The van der Waals surface area contributed by atoms with Crippen LogP contribution in [0.25, 0.3) is 0 Å². The summed E-state index contributed by atoms with van der Waals surface area (Å²) in [5.74, 6) is 3.54. The van der Waals surface area contributed by atoms with Crippen molar-refractivity contribution in [2.24, 2.45) is 11.8 Å². The summed E-state index contributed by atoms with van der Waals surface area (Å²) in [6.07, 6.45) is 6.67. The average Bonchev–Trinajstić information content (AvgIpc) is 2.80. The van der Waals surface area contributed by atoms with E-state index in [4.69, 9.17) is 9.47 Å². The largest absolute Gasteiger partial charge is 0.493 e. The van der Waals surface area contributed by atoms with Crippen LogP contribution >= 0.6 is 0 Å². The molecule has 172 valence electrons. The Morgan fingerprint density at radius 2 is 1.55 bits per heavy atom. The molecule has 2 heterocycles. The maximum Gasteiger partial charge on any atom is 0.236 e. The molecule has 1 aliphatic carbocycles. The van der Waals surface area contributed by atoms with Gasteiger partial charge in [0.05, 0.1) is 20.8 Å². The van der Waals surface area contributed by atoms with Crippen LogP contribution in [0, 0.1) is 18.8 Å². The Kier molecular flexibility index (Phi) is 7.39. The highest BCUT2D eigenvalue weighted by Crippen LogP contribution is 2.36. The van der Waals surface area contributed by atoms with E-state index >= 15 is 0 Å². The van der Waals surface area contributed by atoms with Crippen molar-refractivity contribution in [1.29, 1.82) is 0 Å². The van der Waals surface area contributed by atoms with E-state index in [-0.39, 0.29) is 0 Å². The van der Waals surface area contributed by atoms with Gasteiger partial charge >= 0.3 is 0 Å². The van der Waals surface area contributed by atoms with Gasteiger partial charge < -0.3 is 14.4 Å². The van der Waals surface area contributed by atoms with Crippen LogP contribution in [0.5, 0.6) is 11.5 Å². The topological polar surface area (TPSA) is 45.2 Å². The van der Waals surface area contributed by atoms with Gasteiger partial charge in [0.15, 0.2) is 11.5 Å². The van der Waals surface area contributed by atoms with Gasteiger partial charge in [0, 0.05) is 45.8 Å². The molecular formula is C25H39N3O3. The Labute approximate surface area is 187 Å². The van der Waals surface area contributed by atoms with Crippen LogP contribution in [0.4, 0.5) is 0 Å². The predicted molar refractivity (Wildman–Crippen MR) is 123 cm³/mol. The summed E-state index contributed by atoms with van der Waals surface area (Å²) >= 11 is 0. The highest BCUT2D eigenvalue weighted by Gasteiger charge is 2.33. The van der Waals surface area contributed by atoms with Gasteiger partial charge in [0.25, 0.3) is 0 Å². The number of piperidine rings is 1. The predicted octanol–water partition coefficient (Wildman–Crippen LogP) is 3.17. The number of hydrogen-bond donors (Lipinski definition) is 0. The lowest BCUT2D eigenvalue weighted by Gasteiger charge is -2.42. The smallest absolute Gasteiger partial charge is 0.236 e. The molecule has 1 saturated carbocycles. The van der Waals surface area contributed by atoms with E-state index in [1.54, 1.807) is 14.2 Å². The number of fused-ring (bicyclic) bond motifs is 1. The number of rotatable bonds is 6. The molecule has 3 fully saturated rings. The lowest BCUT2D eigenvalue weighted by molar-refractivity contribution is -0.136. The summed E-state index contributed by atoms with van der Waals surface area (Å²) in [4.78, 5) is 19.9. The Bertz CT molecular complexity index is 761. The molecule has 6 nitrogen and oxygen atoms in total. The molecule has 0 bridgehead atoms. The van der Waals surface area contributed by atoms with Gasteiger partial charge in [-0.3, -0.25) is 14.6 Å². The number of aryl methyl sites for hydroxylation is 1. The molecule has 1 aromatic rings. The molecule has 0 radical (unpaired) electrons. The molecule has 3 aliphatic rings. The van der Waals surface area contributed by atoms with Crippen LogP contribution in [0.1, 0.15) is 43.2 Å². The standard InChI is InChI=1S/C25H39N3O3/c1-19-14-23(30-2)24(31-3)15-22(19)16-26-10-12-27(13-11-26)18-25(29)28-9-8-20-6-4-5-7-21(20)17-28/h14-15,20-21H,4-13,16-18H2,1-3H3/t20-,21-/m0/s1. The van der Waals surface area contributed by atoms with Crippen molar-refractivity contribution in [2.75, 3.05) is 60.0 Å². The van der Waals surface area contributed by atoms with Gasteiger partial charge in [0.2, 0.25) is 5.91 Å². The first-order valence-corrected chi connectivity index (χ1v) is 12.0. The number of amides is 1. The van der Waals surface area contributed by atoms with Crippen molar-refractivity contribution < 1.29 is 14.3 Å². The van der Waals surface area contributed by atoms with E-state index in [2.05, 4.69) is 33.8 Å². The second kappa shape index (κ2) is 10.2. The Balaban J connectivity index is 1.25. The zero-order valence-electron chi connectivity index (χ0n) is 19.6. The molecule has 6 heteroatoms. The van der Waals surface area contributed by atoms with Gasteiger partial charge in [-0.05, 0) is 54.9 Å². The van der Waals surface area contributed by atoms with Gasteiger partial charge in [-0.25, -0.2) is 0 Å². The van der Waals surface area contributed by atoms with Crippen molar-refractivity contribution in [3.05, 3.63) is 23.3 Å². The molecule has 1 amide bonds. The zero-order chi connectivity index (χ0) is 21.8. The number of carbonyl (C=O) groups is 1. The average molecular weight is 430 g/mol. The summed E-state index contributed by atoms with van der Waals surface area (Å²) in [7, 11) is 3.36. The Morgan fingerprint density at radius 1 is 0.903 bits per heavy atom. The highest BCUT2D eigenvalue weighted by atomic mass is 16.5. The van der Waals surface area contributed by atoms with Crippen molar-refractivity contribution >= 4 is 5.91 Å². The zero-order valence-corrected chi connectivity index (χ0v) is 19.6. The molecule has 0 unspecified atom stereocenters. The van der Waals surface area contributed by atoms with Gasteiger partial charge in [0.1, 0.15) is 0 Å². The second-order valence-corrected chi connectivity index (χ2v) is 9.62. The van der Waals surface area contributed by atoms with Crippen LogP contribution in [-0.2, 0) is 11.3 Å². The minimum absolute atomic E-state index is 0.341. The van der Waals surface area contributed by atoms with E-state index in [9.17, 15) is 4.79 Å². The normalized spacial score (nSPS) is 25.2. The second-order valence-electron chi connectivity index (χ2n) is 9.62. The van der Waals surface area contributed by atoms with Crippen molar-refractivity contribution in [1.82, 2.24) is 14.7 Å². The summed E-state index contributed by atoms with van der Waals surface area (Å²) in [6.45, 7) is 9.49. The summed E-state index contributed by atoms with van der Waals surface area (Å²) < 4.78 is 10.9. The van der Waals surface area contributed by atoms with Crippen LogP contribution < -0.4 is 9.47 Å². The minimum atomic E-state index is 0.341. The third kappa shape index (κ3) is 5.35. The third-order valence-corrected chi connectivity index (χ3v) is 7.70. The first kappa shape index (κ1) is 22.4. The van der Waals surface area contributed by atoms with Gasteiger partial charge in [-0.15, -0.1) is 0 Å². The fraction of sp³-hybridized carbons (Fsp3) is 0.720. The molecule has 0 aromatic heterocycles. The van der Waals surface area contributed by atoms with E-state index in [0.717, 1.165) is 69.1 Å². The number of carbonyl (C=O) groups excluding carboxylic acids is 1. The van der Waals surface area contributed by atoms with Crippen LogP contribution in [-0.4, -0.2) is 80.6 Å². The van der Waals surface area contributed by atoms with E-state index in [1.807, 2.05) is 0 Å². The number of piperazine rings is 1. The SMILES string of the molecule is COc1cc(C)c(CN2CCN(CC(=O)N3CC[C@@H]4CCCC[C@H]4C3)CC2)cc1OC. The maximum absolute atomic E-state index is 12.9. The number of methoxy groups -OCH3 is 2. The van der Waals surface area contributed by atoms with E-state index in [1.165, 1.54) is 43.2 Å². The summed E-state index contributed by atoms with van der Waals surface area (Å²) in [6, 6.07) is 4.15. The molecule has 4 rings (SSSR count). The molecular weight excluding hydrogens is 390 g/mol. The van der Waals surface area contributed by atoms with E-state index < -0.39 is 0 Å². The van der Waals surface area contributed by atoms with Gasteiger partial charge in [-0.1, -0.05) is 19.3 Å². The molecule has 1 aromatic carbocycles. The molecule has 2 saturated heterocycles. The van der Waals surface area contributed by atoms with Crippen molar-refractivity contribution in [3.63, 3.8) is 0 Å². The van der Waals surface area contributed by atoms with Crippen molar-refractivity contribution in [3.8, 4) is 11.5 Å². The molecule has 2 aliphatic heterocycles. The van der Waals surface area contributed by atoms with Gasteiger partial charge in [-0.2, -0.15) is 0 Å². The molecule has 31 heavy (non-hydrogen) atoms. The summed E-state index contributed by atoms with van der Waals surface area (Å²) in [5.41, 5.74) is 2.50. The van der Waals surface area contributed by atoms with Crippen molar-refractivity contribution in [2.45, 2.75) is 45.6 Å². The number of nitrogens with zero attached hydrogens (tertiary/aromatic N) is 3. The number of ether oxygens (including phenoxy) is 2. The fourth-order valence-electron chi connectivity index (χ4n) is 5.66. The van der Waals surface area contributed by atoms with E-state index in [0.29, 0.717) is 12.5 Å². The summed E-state index contributed by atoms with van der Waals surface area (Å²) in [5, 5.41) is 0. The first-order chi connectivity index (χ1) is 15.1. The number of benzene rings is 1. The monoisotopic (exact) mass is 429 g/mol. The first-order valence-electron chi connectivity index (χ1n) is 12.0. The van der Waals surface area contributed by atoms with Crippen LogP contribution in [0.2, 0.25) is 0 Å².